The normalized spacial score (nSPS) is 20.7. The van der Waals surface area contributed by atoms with E-state index in [2.05, 4.69) is 0 Å². The maximum Gasteiger partial charge on any atom is 0.306 e. The van der Waals surface area contributed by atoms with Crippen LogP contribution in [-0.2, 0) is 9.53 Å². The van der Waals surface area contributed by atoms with Crippen molar-refractivity contribution in [3.05, 3.63) is 0 Å². The van der Waals surface area contributed by atoms with Crippen LogP contribution in [0.3, 0.4) is 0 Å². The van der Waals surface area contributed by atoms with Gasteiger partial charge in [0.15, 0.2) is 0 Å². The summed E-state index contributed by atoms with van der Waals surface area (Å²) in [5, 5.41) is 0. The van der Waals surface area contributed by atoms with Crippen LogP contribution in [0.2, 0.25) is 0 Å². The van der Waals surface area contributed by atoms with Gasteiger partial charge < -0.3 is 10.5 Å². The molecule has 0 aromatic heterocycles. The molecular weight excluding hydrogens is 190 g/mol. The lowest BCUT2D eigenvalue weighted by molar-refractivity contribution is -0.149. The molecule has 0 aromatic rings. The second-order valence-electron chi connectivity index (χ2n) is 4.62. The van der Waals surface area contributed by atoms with E-state index in [-0.39, 0.29) is 18.1 Å². The van der Waals surface area contributed by atoms with E-state index in [0.29, 0.717) is 6.42 Å². The molecule has 0 heterocycles. The molecule has 15 heavy (non-hydrogen) atoms. The van der Waals surface area contributed by atoms with Crippen LogP contribution in [0, 0.1) is 0 Å². The Morgan fingerprint density at radius 1 is 1.33 bits per heavy atom. The molecule has 1 aliphatic carbocycles. The smallest absolute Gasteiger partial charge is 0.306 e. The first kappa shape index (κ1) is 12.5. The Bertz CT molecular complexity index is 184. The minimum absolute atomic E-state index is 0.0702. The molecule has 1 unspecified atom stereocenters. The second kappa shape index (κ2) is 6.83. The summed E-state index contributed by atoms with van der Waals surface area (Å²) in [6.45, 7) is 1.92. The number of carbonyl (C=O) groups is 1. The summed E-state index contributed by atoms with van der Waals surface area (Å²) >= 11 is 0. The second-order valence-corrected chi connectivity index (χ2v) is 4.62. The summed E-state index contributed by atoms with van der Waals surface area (Å²) in [5.74, 6) is -0.0702. The van der Waals surface area contributed by atoms with E-state index in [1.54, 1.807) is 0 Å². The number of hydrogen-bond donors (Lipinski definition) is 1. The van der Waals surface area contributed by atoms with Gasteiger partial charge in [-0.3, -0.25) is 4.79 Å². The molecule has 0 saturated heterocycles. The lowest BCUT2D eigenvalue weighted by Crippen LogP contribution is -2.21. The average molecular weight is 213 g/mol. The molecule has 0 bridgehead atoms. The third kappa shape index (κ3) is 5.78. The zero-order chi connectivity index (χ0) is 11.1. The van der Waals surface area contributed by atoms with E-state index < -0.39 is 0 Å². The monoisotopic (exact) mass is 213 g/mol. The fourth-order valence-electron chi connectivity index (χ4n) is 1.95. The molecule has 1 saturated carbocycles. The Kier molecular flexibility index (Phi) is 5.69. The first-order valence-corrected chi connectivity index (χ1v) is 6.13. The van der Waals surface area contributed by atoms with Gasteiger partial charge in [0.2, 0.25) is 0 Å². The van der Waals surface area contributed by atoms with Crippen LogP contribution < -0.4 is 5.73 Å². The number of esters is 1. The van der Waals surface area contributed by atoms with Gasteiger partial charge in [0.1, 0.15) is 6.10 Å². The summed E-state index contributed by atoms with van der Waals surface area (Å²) in [5.41, 5.74) is 5.59. The molecule has 1 fully saturated rings. The van der Waals surface area contributed by atoms with Gasteiger partial charge >= 0.3 is 5.97 Å². The highest BCUT2D eigenvalue weighted by molar-refractivity contribution is 5.69. The molecule has 0 aromatic carbocycles. The SMILES string of the molecule is CC(N)CCC(=O)OC1CCCCCC1. The molecular formula is C12H23NO2. The van der Waals surface area contributed by atoms with Crippen molar-refractivity contribution < 1.29 is 9.53 Å². The number of ether oxygens (including phenoxy) is 1. The fourth-order valence-corrected chi connectivity index (χ4v) is 1.95. The molecule has 88 valence electrons. The van der Waals surface area contributed by atoms with Crippen molar-refractivity contribution in [3.8, 4) is 0 Å². The predicted molar refractivity (Wildman–Crippen MR) is 60.5 cm³/mol. The highest BCUT2D eigenvalue weighted by Crippen LogP contribution is 2.20. The maximum absolute atomic E-state index is 11.5. The molecule has 0 aliphatic heterocycles. The molecule has 0 spiro atoms. The first-order chi connectivity index (χ1) is 7.18. The van der Waals surface area contributed by atoms with Gasteiger partial charge in [-0.25, -0.2) is 0 Å². The Labute approximate surface area is 92.4 Å². The van der Waals surface area contributed by atoms with Crippen molar-refractivity contribution in [3.63, 3.8) is 0 Å². The van der Waals surface area contributed by atoms with Crippen LogP contribution in [0.15, 0.2) is 0 Å². The largest absolute Gasteiger partial charge is 0.462 e. The van der Waals surface area contributed by atoms with E-state index in [1.807, 2.05) is 6.92 Å². The van der Waals surface area contributed by atoms with E-state index in [0.717, 1.165) is 19.3 Å². The quantitative estimate of drug-likeness (QED) is 0.576. The fraction of sp³-hybridized carbons (Fsp3) is 0.917. The summed E-state index contributed by atoms with van der Waals surface area (Å²) in [6.07, 6.45) is 8.43. The molecule has 1 atom stereocenters. The Morgan fingerprint density at radius 2 is 1.93 bits per heavy atom. The Morgan fingerprint density at radius 3 is 2.47 bits per heavy atom. The number of carbonyl (C=O) groups excluding carboxylic acids is 1. The number of hydrogen-bond acceptors (Lipinski definition) is 3. The summed E-state index contributed by atoms with van der Waals surface area (Å²) in [6, 6.07) is 0.0895. The van der Waals surface area contributed by atoms with Crippen LogP contribution in [0.1, 0.15) is 58.3 Å². The highest BCUT2D eigenvalue weighted by Gasteiger charge is 2.16. The Hall–Kier alpha value is -0.570. The van der Waals surface area contributed by atoms with Crippen molar-refractivity contribution in [2.45, 2.75) is 70.4 Å². The summed E-state index contributed by atoms with van der Waals surface area (Å²) < 4.78 is 5.43. The summed E-state index contributed by atoms with van der Waals surface area (Å²) in [4.78, 5) is 11.5. The lowest BCUT2D eigenvalue weighted by atomic mass is 10.1. The molecule has 0 amide bonds. The van der Waals surface area contributed by atoms with Gasteiger partial charge in [-0.1, -0.05) is 12.8 Å². The van der Waals surface area contributed by atoms with Crippen LogP contribution in [0.25, 0.3) is 0 Å². The predicted octanol–water partition coefficient (Wildman–Crippen LogP) is 2.38. The standard InChI is InChI=1S/C12H23NO2/c1-10(13)8-9-12(14)15-11-6-4-2-3-5-7-11/h10-11H,2-9,13H2,1H3. The average Bonchev–Trinajstić information content (AvgIpc) is 2.43. The van der Waals surface area contributed by atoms with Crippen molar-refractivity contribution in [2.24, 2.45) is 5.73 Å². The maximum atomic E-state index is 11.5. The van der Waals surface area contributed by atoms with E-state index in [1.165, 1.54) is 25.7 Å². The molecule has 2 N–H and O–H groups in total. The molecule has 3 nitrogen and oxygen atoms in total. The third-order valence-electron chi connectivity index (χ3n) is 2.90. The van der Waals surface area contributed by atoms with Crippen molar-refractivity contribution in [2.75, 3.05) is 0 Å². The van der Waals surface area contributed by atoms with Gasteiger partial charge in [0, 0.05) is 12.5 Å². The van der Waals surface area contributed by atoms with E-state index in [9.17, 15) is 4.79 Å². The van der Waals surface area contributed by atoms with Crippen LogP contribution in [0.4, 0.5) is 0 Å². The van der Waals surface area contributed by atoms with Crippen LogP contribution >= 0.6 is 0 Å². The number of nitrogens with two attached hydrogens (primary N) is 1. The van der Waals surface area contributed by atoms with Gasteiger partial charge in [-0.2, -0.15) is 0 Å². The zero-order valence-corrected chi connectivity index (χ0v) is 9.71. The van der Waals surface area contributed by atoms with Gasteiger partial charge in [-0.15, -0.1) is 0 Å². The topological polar surface area (TPSA) is 52.3 Å². The minimum atomic E-state index is -0.0702. The molecule has 1 aliphatic rings. The third-order valence-corrected chi connectivity index (χ3v) is 2.90. The van der Waals surface area contributed by atoms with Crippen molar-refractivity contribution in [1.82, 2.24) is 0 Å². The van der Waals surface area contributed by atoms with Crippen LogP contribution in [0.5, 0.6) is 0 Å². The molecule has 3 heteroatoms. The zero-order valence-electron chi connectivity index (χ0n) is 9.71. The van der Waals surface area contributed by atoms with Crippen molar-refractivity contribution >= 4 is 5.97 Å². The summed E-state index contributed by atoms with van der Waals surface area (Å²) in [7, 11) is 0. The first-order valence-electron chi connectivity index (χ1n) is 6.13. The molecule has 1 rings (SSSR count). The van der Waals surface area contributed by atoms with Gasteiger partial charge in [-0.05, 0) is 39.0 Å². The molecule has 0 radical (unpaired) electrons. The van der Waals surface area contributed by atoms with Gasteiger partial charge in [0.05, 0.1) is 0 Å². The van der Waals surface area contributed by atoms with Crippen molar-refractivity contribution in [1.29, 1.82) is 0 Å². The van der Waals surface area contributed by atoms with Gasteiger partial charge in [0.25, 0.3) is 0 Å². The van der Waals surface area contributed by atoms with E-state index >= 15 is 0 Å². The lowest BCUT2D eigenvalue weighted by Gasteiger charge is -2.15. The number of rotatable bonds is 4. The highest BCUT2D eigenvalue weighted by atomic mass is 16.5. The Balaban J connectivity index is 2.17. The van der Waals surface area contributed by atoms with E-state index in [4.69, 9.17) is 10.5 Å². The van der Waals surface area contributed by atoms with Crippen LogP contribution in [-0.4, -0.2) is 18.1 Å². The minimum Gasteiger partial charge on any atom is -0.462 e.